The SMILES string of the molecule is CCOc1cccc([C@H]2C3=CC[C@@H]4C(=O)N(c5ccc(Br)cc5)C(=O)[C@@H]4[C@@H]3C[C@H]3C(=O)N(c4cccc(Cl)c4)C(=O)[C@@]23c2ccccc2)c1O. The molecule has 2 aliphatic heterocycles. The number of fused-ring (bicyclic) bond motifs is 4. The largest absolute Gasteiger partial charge is 0.504 e. The summed E-state index contributed by atoms with van der Waals surface area (Å²) in [5, 5.41) is 12.3. The quantitative estimate of drug-likeness (QED) is 0.161. The number of halogens is 2. The molecule has 4 amide bonds. The molecule has 1 saturated carbocycles. The molecule has 50 heavy (non-hydrogen) atoms. The molecule has 0 spiro atoms. The Morgan fingerprint density at radius 2 is 1.58 bits per heavy atom. The number of rotatable bonds is 6. The van der Waals surface area contributed by atoms with Crippen LogP contribution in [-0.4, -0.2) is 35.3 Å². The number of aromatic hydroxyl groups is 1. The van der Waals surface area contributed by atoms with Crippen molar-refractivity contribution < 1.29 is 29.0 Å². The van der Waals surface area contributed by atoms with Crippen LogP contribution in [-0.2, 0) is 24.6 Å². The Balaban J connectivity index is 1.37. The van der Waals surface area contributed by atoms with Crippen molar-refractivity contribution >= 4 is 62.5 Å². The predicted molar refractivity (Wildman–Crippen MR) is 192 cm³/mol. The molecule has 6 atom stereocenters. The van der Waals surface area contributed by atoms with Crippen LogP contribution in [0.15, 0.2) is 113 Å². The van der Waals surface area contributed by atoms with Crippen LogP contribution in [0, 0.1) is 23.7 Å². The smallest absolute Gasteiger partial charge is 0.246 e. The van der Waals surface area contributed by atoms with Gasteiger partial charge in [0, 0.05) is 21.0 Å². The van der Waals surface area contributed by atoms with Crippen LogP contribution in [0.2, 0.25) is 5.02 Å². The lowest BCUT2D eigenvalue weighted by molar-refractivity contribution is -0.127. The van der Waals surface area contributed by atoms with Gasteiger partial charge in [0.1, 0.15) is 0 Å². The highest BCUT2D eigenvalue weighted by Crippen LogP contribution is 2.65. The van der Waals surface area contributed by atoms with Crippen molar-refractivity contribution in [3.63, 3.8) is 0 Å². The molecule has 4 aromatic rings. The number of imide groups is 2. The Kier molecular flexibility index (Phi) is 7.95. The van der Waals surface area contributed by atoms with Crippen molar-refractivity contribution in [3.05, 3.63) is 129 Å². The first-order valence-electron chi connectivity index (χ1n) is 16.7. The van der Waals surface area contributed by atoms with Gasteiger partial charge in [-0.25, -0.2) is 4.90 Å². The Labute approximate surface area is 302 Å². The number of amides is 4. The van der Waals surface area contributed by atoms with E-state index in [1.165, 1.54) is 9.80 Å². The van der Waals surface area contributed by atoms with Crippen molar-refractivity contribution in [2.45, 2.75) is 31.1 Å². The molecule has 0 bridgehead atoms. The zero-order valence-electron chi connectivity index (χ0n) is 27.0. The molecule has 4 aromatic carbocycles. The molecule has 252 valence electrons. The lowest BCUT2D eigenvalue weighted by Crippen LogP contribution is -2.53. The first-order valence-corrected chi connectivity index (χ1v) is 17.8. The lowest BCUT2D eigenvalue weighted by Gasteiger charge is -2.50. The number of para-hydroxylation sites is 1. The molecule has 8 rings (SSSR count). The number of carbonyl (C=O) groups excluding carboxylic acids is 4. The molecule has 8 nitrogen and oxygen atoms in total. The minimum atomic E-state index is -1.50. The van der Waals surface area contributed by atoms with Gasteiger partial charge in [0.05, 0.1) is 41.2 Å². The monoisotopic (exact) mass is 750 g/mol. The summed E-state index contributed by atoms with van der Waals surface area (Å²) in [6.07, 6.45) is 2.39. The zero-order valence-corrected chi connectivity index (χ0v) is 29.3. The summed E-state index contributed by atoms with van der Waals surface area (Å²) < 4.78 is 6.64. The fourth-order valence-electron chi connectivity index (χ4n) is 8.98. The first-order chi connectivity index (χ1) is 24.2. The van der Waals surface area contributed by atoms with Gasteiger partial charge in [-0.05, 0) is 79.8 Å². The van der Waals surface area contributed by atoms with Crippen molar-refractivity contribution in [2.75, 3.05) is 16.4 Å². The van der Waals surface area contributed by atoms with Crippen LogP contribution >= 0.6 is 27.5 Å². The average Bonchev–Trinajstić information content (AvgIpc) is 3.51. The van der Waals surface area contributed by atoms with Crippen LogP contribution in [0.5, 0.6) is 11.5 Å². The van der Waals surface area contributed by atoms with Gasteiger partial charge in [-0.2, -0.15) is 0 Å². The minimum absolute atomic E-state index is 0.135. The van der Waals surface area contributed by atoms with Gasteiger partial charge in [-0.1, -0.05) is 87.7 Å². The highest BCUT2D eigenvalue weighted by Gasteiger charge is 2.70. The Hall–Kier alpha value is -4.73. The Morgan fingerprint density at radius 3 is 2.30 bits per heavy atom. The number of benzene rings is 4. The van der Waals surface area contributed by atoms with Crippen molar-refractivity contribution in [1.29, 1.82) is 0 Å². The topological polar surface area (TPSA) is 104 Å². The molecule has 0 aromatic heterocycles. The number of allylic oxidation sites excluding steroid dienone is 2. The van der Waals surface area contributed by atoms with E-state index >= 15 is 4.79 Å². The van der Waals surface area contributed by atoms with Gasteiger partial charge in [0.2, 0.25) is 23.6 Å². The van der Waals surface area contributed by atoms with E-state index in [1.807, 2.05) is 43.3 Å². The van der Waals surface area contributed by atoms with E-state index in [0.29, 0.717) is 34.1 Å². The maximum absolute atomic E-state index is 15.4. The van der Waals surface area contributed by atoms with E-state index in [1.54, 1.807) is 66.7 Å². The van der Waals surface area contributed by atoms with E-state index in [0.717, 1.165) is 10.0 Å². The average molecular weight is 752 g/mol. The minimum Gasteiger partial charge on any atom is -0.504 e. The van der Waals surface area contributed by atoms with Crippen LogP contribution in [0.25, 0.3) is 0 Å². The molecule has 3 fully saturated rings. The molecular weight excluding hydrogens is 720 g/mol. The third-order valence-electron chi connectivity index (χ3n) is 10.9. The van der Waals surface area contributed by atoms with E-state index in [4.69, 9.17) is 16.3 Å². The second kappa shape index (κ2) is 12.2. The van der Waals surface area contributed by atoms with E-state index in [9.17, 15) is 19.5 Å². The molecule has 2 saturated heterocycles. The summed E-state index contributed by atoms with van der Waals surface area (Å²) in [6.45, 7) is 2.11. The molecular formula is C40H32BrClN2O6. The van der Waals surface area contributed by atoms with Crippen molar-refractivity contribution in [3.8, 4) is 11.5 Å². The molecule has 10 heteroatoms. The summed E-state index contributed by atoms with van der Waals surface area (Å²) in [5.41, 5.74) is 1.09. The normalized spacial score (nSPS) is 27.2. The number of ether oxygens (including phenoxy) is 1. The van der Waals surface area contributed by atoms with Crippen LogP contribution in [0.4, 0.5) is 11.4 Å². The van der Waals surface area contributed by atoms with Crippen LogP contribution in [0.3, 0.4) is 0 Å². The van der Waals surface area contributed by atoms with Crippen LogP contribution in [0.1, 0.15) is 36.8 Å². The number of phenolic OH excluding ortho intramolecular Hbond substituents is 1. The fourth-order valence-corrected chi connectivity index (χ4v) is 9.43. The van der Waals surface area contributed by atoms with Crippen LogP contribution < -0.4 is 14.5 Å². The standard InChI is InChI=1S/C40H32BrClN2O6/c1-2-50-32-13-7-12-29(35(32)45)34-27-18-19-28-33(38(48)43(36(28)46)25-16-14-23(41)15-17-25)30(27)21-31-37(47)44(26-11-6-10-24(42)20-26)39(49)40(31,34)22-8-4-3-5-9-22/h3-18,20,28,30-31,33-34,45H,2,19,21H2,1H3/t28-,30+,31-,33-,34+,40+/m0/s1. The maximum atomic E-state index is 15.4. The first kappa shape index (κ1) is 32.5. The molecule has 0 radical (unpaired) electrons. The second-order valence-electron chi connectivity index (χ2n) is 13.2. The van der Waals surface area contributed by atoms with Gasteiger partial charge < -0.3 is 9.84 Å². The number of anilines is 2. The van der Waals surface area contributed by atoms with Crippen molar-refractivity contribution in [1.82, 2.24) is 0 Å². The molecule has 4 aliphatic rings. The Morgan fingerprint density at radius 1 is 0.840 bits per heavy atom. The van der Waals surface area contributed by atoms with Gasteiger partial charge in [0.25, 0.3) is 0 Å². The van der Waals surface area contributed by atoms with Gasteiger partial charge in [-0.15, -0.1) is 0 Å². The van der Waals surface area contributed by atoms with Gasteiger partial charge >= 0.3 is 0 Å². The predicted octanol–water partition coefficient (Wildman–Crippen LogP) is 7.57. The Bertz CT molecular complexity index is 2100. The van der Waals surface area contributed by atoms with Gasteiger partial charge in [0.15, 0.2) is 11.5 Å². The summed E-state index contributed by atoms with van der Waals surface area (Å²) in [7, 11) is 0. The summed E-state index contributed by atoms with van der Waals surface area (Å²) in [5.74, 6) is -5.15. The molecule has 1 N–H and O–H groups in total. The number of carbonyl (C=O) groups is 4. The second-order valence-corrected chi connectivity index (χ2v) is 14.6. The molecule has 2 aliphatic carbocycles. The summed E-state index contributed by atoms with van der Waals surface area (Å²) in [6, 6.07) is 28.1. The summed E-state index contributed by atoms with van der Waals surface area (Å²) in [4.78, 5) is 61.2. The zero-order chi connectivity index (χ0) is 34.9. The lowest BCUT2D eigenvalue weighted by atomic mass is 9.49. The number of nitrogens with zero attached hydrogens (tertiary/aromatic N) is 2. The van der Waals surface area contributed by atoms with Gasteiger partial charge in [-0.3, -0.25) is 24.1 Å². The molecule has 0 unspecified atom stereocenters. The third-order valence-corrected chi connectivity index (χ3v) is 11.7. The summed E-state index contributed by atoms with van der Waals surface area (Å²) >= 11 is 9.83. The fraction of sp³-hybridized carbons (Fsp3) is 0.250. The highest BCUT2D eigenvalue weighted by atomic mass is 79.9. The number of hydrogen-bond donors (Lipinski definition) is 1. The highest BCUT2D eigenvalue weighted by molar-refractivity contribution is 9.10. The third kappa shape index (κ3) is 4.63. The van der Waals surface area contributed by atoms with E-state index in [-0.39, 0.29) is 36.2 Å². The number of phenols is 1. The molecule has 2 heterocycles. The van der Waals surface area contributed by atoms with E-state index < -0.39 is 46.8 Å². The maximum Gasteiger partial charge on any atom is 0.246 e. The number of hydrogen-bond acceptors (Lipinski definition) is 6. The van der Waals surface area contributed by atoms with Crippen molar-refractivity contribution in [2.24, 2.45) is 23.7 Å². The van der Waals surface area contributed by atoms with E-state index in [2.05, 4.69) is 15.9 Å².